The Morgan fingerprint density at radius 3 is 2.67 bits per heavy atom. The molecule has 5 nitrogen and oxygen atoms in total. The van der Waals surface area contributed by atoms with Crippen LogP contribution in [0.5, 0.6) is 5.75 Å². The first-order chi connectivity index (χ1) is 11.3. The third-order valence-corrected chi connectivity index (χ3v) is 4.53. The van der Waals surface area contributed by atoms with Crippen molar-refractivity contribution in [3.8, 4) is 5.75 Å². The average Bonchev–Trinajstić information content (AvgIpc) is 2.94. The van der Waals surface area contributed by atoms with Gasteiger partial charge in [-0.05, 0) is 64.3 Å². The highest BCUT2D eigenvalue weighted by atomic mass is 16.5. The van der Waals surface area contributed by atoms with Gasteiger partial charge in [-0.2, -0.15) is 5.10 Å². The Labute approximate surface area is 143 Å². The Kier molecular flexibility index (Phi) is 4.11. The van der Waals surface area contributed by atoms with Gasteiger partial charge in [0.15, 0.2) is 0 Å². The van der Waals surface area contributed by atoms with Crippen LogP contribution in [-0.4, -0.2) is 29.3 Å². The molecule has 0 bridgehead atoms. The Bertz CT molecular complexity index is 771. The fourth-order valence-electron chi connectivity index (χ4n) is 3.35. The summed E-state index contributed by atoms with van der Waals surface area (Å²) >= 11 is 0. The van der Waals surface area contributed by atoms with Gasteiger partial charge in [-0.25, -0.2) is 0 Å². The second-order valence-corrected chi connectivity index (χ2v) is 7.28. The van der Waals surface area contributed by atoms with Gasteiger partial charge in [0.25, 0.3) is 5.91 Å². The fraction of sp³-hybridized carbons (Fsp3) is 0.474. The van der Waals surface area contributed by atoms with Crippen LogP contribution in [0.25, 0.3) is 0 Å². The SMILES string of the molecule is COc1ccc2c(c1)CCCN2C(=O)c1cnn(C(C)(C)C)c1C. The summed E-state index contributed by atoms with van der Waals surface area (Å²) in [4.78, 5) is 15.0. The molecule has 1 aliphatic rings. The third-order valence-electron chi connectivity index (χ3n) is 4.53. The Balaban J connectivity index is 1.97. The van der Waals surface area contributed by atoms with Gasteiger partial charge in [0.2, 0.25) is 0 Å². The van der Waals surface area contributed by atoms with Crippen LogP contribution < -0.4 is 9.64 Å². The van der Waals surface area contributed by atoms with Crippen molar-refractivity contribution in [2.75, 3.05) is 18.6 Å². The second kappa shape index (κ2) is 5.96. The minimum atomic E-state index is -0.143. The first kappa shape index (κ1) is 16.6. The number of aromatic nitrogens is 2. The molecule has 0 saturated carbocycles. The largest absolute Gasteiger partial charge is 0.497 e. The molecule has 1 aromatic heterocycles. The summed E-state index contributed by atoms with van der Waals surface area (Å²) in [5.41, 5.74) is 3.59. The normalized spacial score (nSPS) is 14.5. The lowest BCUT2D eigenvalue weighted by molar-refractivity contribution is 0.0984. The molecule has 0 radical (unpaired) electrons. The van der Waals surface area contributed by atoms with Gasteiger partial charge >= 0.3 is 0 Å². The molecule has 24 heavy (non-hydrogen) atoms. The lowest BCUT2D eigenvalue weighted by Crippen LogP contribution is -2.36. The van der Waals surface area contributed by atoms with E-state index in [1.807, 2.05) is 34.7 Å². The number of methoxy groups -OCH3 is 1. The quantitative estimate of drug-likeness (QED) is 0.847. The molecule has 3 rings (SSSR count). The molecule has 0 unspecified atom stereocenters. The van der Waals surface area contributed by atoms with Crippen LogP contribution in [0, 0.1) is 6.92 Å². The van der Waals surface area contributed by atoms with Crippen LogP contribution in [0.1, 0.15) is 48.8 Å². The number of nitrogens with zero attached hydrogens (tertiary/aromatic N) is 3. The highest BCUT2D eigenvalue weighted by Gasteiger charge is 2.28. The number of rotatable bonds is 2. The molecular weight excluding hydrogens is 302 g/mol. The zero-order chi connectivity index (χ0) is 17.5. The highest BCUT2D eigenvalue weighted by molar-refractivity contribution is 6.07. The summed E-state index contributed by atoms with van der Waals surface area (Å²) in [5.74, 6) is 0.855. The van der Waals surface area contributed by atoms with E-state index in [4.69, 9.17) is 4.74 Å². The van der Waals surface area contributed by atoms with Crippen molar-refractivity contribution in [1.82, 2.24) is 9.78 Å². The predicted octanol–water partition coefficient (Wildman–Crippen LogP) is 3.55. The van der Waals surface area contributed by atoms with Gasteiger partial charge in [-0.15, -0.1) is 0 Å². The van der Waals surface area contributed by atoms with E-state index in [9.17, 15) is 4.79 Å². The molecular formula is C19H25N3O2. The standard InChI is InChI=1S/C19H25N3O2/c1-13-16(12-20-22(13)19(2,3)4)18(23)21-10-6-7-14-11-15(24-5)8-9-17(14)21/h8-9,11-12H,6-7,10H2,1-5H3. The number of hydrogen-bond donors (Lipinski definition) is 0. The highest BCUT2D eigenvalue weighted by Crippen LogP contribution is 2.32. The van der Waals surface area contributed by atoms with Crippen molar-refractivity contribution in [1.29, 1.82) is 0 Å². The summed E-state index contributed by atoms with van der Waals surface area (Å²) in [6.45, 7) is 8.96. The molecule has 0 aliphatic carbocycles. The number of fused-ring (bicyclic) bond motifs is 1. The molecule has 0 N–H and O–H groups in total. The molecule has 0 fully saturated rings. The first-order valence-corrected chi connectivity index (χ1v) is 8.37. The minimum Gasteiger partial charge on any atom is -0.497 e. The molecule has 1 aliphatic heterocycles. The van der Waals surface area contributed by atoms with Crippen molar-refractivity contribution in [2.45, 2.75) is 46.1 Å². The molecule has 128 valence electrons. The number of amides is 1. The Hall–Kier alpha value is -2.30. The zero-order valence-corrected chi connectivity index (χ0v) is 15.1. The van der Waals surface area contributed by atoms with E-state index in [0.717, 1.165) is 42.1 Å². The minimum absolute atomic E-state index is 0.0223. The van der Waals surface area contributed by atoms with Crippen LogP contribution in [-0.2, 0) is 12.0 Å². The molecule has 0 spiro atoms. The lowest BCUT2D eigenvalue weighted by Gasteiger charge is -2.30. The molecule has 2 aromatic rings. The van der Waals surface area contributed by atoms with E-state index in [2.05, 4.69) is 25.9 Å². The van der Waals surface area contributed by atoms with Crippen molar-refractivity contribution in [2.24, 2.45) is 0 Å². The van der Waals surface area contributed by atoms with Crippen molar-refractivity contribution < 1.29 is 9.53 Å². The molecule has 1 aromatic carbocycles. The topological polar surface area (TPSA) is 47.4 Å². The number of hydrogen-bond acceptors (Lipinski definition) is 3. The molecule has 5 heteroatoms. The smallest absolute Gasteiger partial charge is 0.261 e. The molecule has 1 amide bonds. The van der Waals surface area contributed by atoms with Gasteiger partial charge in [0.05, 0.1) is 24.4 Å². The van der Waals surface area contributed by atoms with E-state index in [1.165, 1.54) is 0 Å². The number of benzene rings is 1. The molecule has 0 saturated heterocycles. The summed E-state index contributed by atoms with van der Waals surface area (Å²) in [6.07, 6.45) is 3.62. The van der Waals surface area contributed by atoms with E-state index >= 15 is 0 Å². The van der Waals surface area contributed by atoms with E-state index in [1.54, 1.807) is 13.3 Å². The Morgan fingerprint density at radius 2 is 2.04 bits per heavy atom. The van der Waals surface area contributed by atoms with Gasteiger partial charge in [-0.3, -0.25) is 9.48 Å². The first-order valence-electron chi connectivity index (χ1n) is 8.37. The fourth-order valence-corrected chi connectivity index (χ4v) is 3.35. The maximum absolute atomic E-state index is 13.1. The summed E-state index contributed by atoms with van der Waals surface area (Å²) in [6, 6.07) is 5.92. The monoisotopic (exact) mass is 327 g/mol. The van der Waals surface area contributed by atoms with E-state index in [0.29, 0.717) is 5.56 Å². The van der Waals surface area contributed by atoms with Crippen LogP contribution in [0.15, 0.2) is 24.4 Å². The number of carbonyl (C=O) groups excluding carboxylic acids is 1. The zero-order valence-electron chi connectivity index (χ0n) is 15.1. The molecule has 2 heterocycles. The van der Waals surface area contributed by atoms with Gasteiger partial charge in [0, 0.05) is 17.9 Å². The predicted molar refractivity (Wildman–Crippen MR) is 95.0 cm³/mol. The van der Waals surface area contributed by atoms with Gasteiger partial charge in [0.1, 0.15) is 5.75 Å². The van der Waals surface area contributed by atoms with Crippen LogP contribution in [0.4, 0.5) is 5.69 Å². The average molecular weight is 327 g/mol. The van der Waals surface area contributed by atoms with Crippen molar-refractivity contribution >= 4 is 11.6 Å². The summed E-state index contributed by atoms with van der Waals surface area (Å²) in [7, 11) is 1.66. The van der Waals surface area contributed by atoms with E-state index < -0.39 is 0 Å². The number of carbonyl (C=O) groups is 1. The van der Waals surface area contributed by atoms with Crippen LogP contribution in [0.2, 0.25) is 0 Å². The lowest BCUT2D eigenvalue weighted by atomic mass is 10.0. The Morgan fingerprint density at radius 1 is 1.29 bits per heavy atom. The molecule has 0 atom stereocenters. The van der Waals surface area contributed by atoms with Crippen molar-refractivity contribution in [3.63, 3.8) is 0 Å². The third kappa shape index (κ3) is 2.79. The van der Waals surface area contributed by atoms with Gasteiger partial charge < -0.3 is 9.64 Å². The maximum atomic E-state index is 13.1. The number of ether oxygens (including phenoxy) is 1. The van der Waals surface area contributed by atoms with Gasteiger partial charge in [-0.1, -0.05) is 0 Å². The maximum Gasteiger partial charge on any atom is 0.261 e. The summed E-state index contributed by atoms with van der Waals surface area (Å²) in [5, 5.41) is 4.44. The van der Waals surface area contributed by atoms with Crippen LogP contribution in [0.3, 0.4) is 0 Å². The number of anilines is 1. The summed E-state index contributed by atoms with van der Waals surface area (Å²) < 4.78 is 7.22. The number of aryl methyl sites for hydroxylation is 1. The van der Waals surface area contributed by atoms with Crippen LogP contribution >= 0.6 is 0 Å². The van der Waals surface area contributed by atoms with E-state index in [-0.39, 0.29) is 11.4 Å². The van der Waals surface area contributed by atoms with Crippen molar-refractivity contribution in [3.05, 3.63) is 41.2 Å². The second-order valence-electron chi connectivity index (χ2n) is 7.28.